The zero-order valence-corrected chi connectivity index (χ0v) is 13.6. The Balaban J connectivity index is 1.65. The lowest BCUT2D eigenvalue weighted by atomic mass is 10.1. The maximum Gasteiger partial charge on any atom is 0.226 e. The van der Waals surface area contributed by atoms with Crippen LogP contribution in [0.15, 0.2) is 36.8 Å². The first-order chi connectivity index (χ1) is 10.5. The van der Waals surface area contributed by atoms with Crippen LogP contribution in [0.3, 0.4) is 0 Å². The highest BCUT2D eigenvalue weighted by Gasteiger charge is 2.45. The first-order valence-electron chi connectivity index (χ1n) is 7.00. The molecule has 0 saturated heterocycles. The number of carbonyl (C=O) groups excluding carboxylic acids is 1. The minimum absolute atomic E-state index is 0.00351. The molecule has 1 aromatic heterocycles. The zero-order chi connectivity index (χ0) is 15.7. The maximum absolute atomic E-state index is 12.5. The van der Waals surface area contributed by atoms with E-state index in [1.165, 1.54) is 0 Å². The summed E-state index contributed by atoms with van der Waals surface area (Å²) in [4.78, 5) is 22.4. The van der Waals surface area contributed by atoms with Crippen LogP contribution in [-0.4, -0.2) is 27.8 Å². The van der Waals surface area contributed by atoms with Crippen molar-refractivity contribution in [3.63, 3.8) is 0 Å². The van der Waals surface area contributed by atoms with E-state index in [-0.39, 0.29) is 17.7 Å². The van der Waals surface area contributed by atoms with Crippen molar-refractivity contribution in [1.29, 1.82) is 0 Å². The van der Waals surface area contributed by atoms with Crippen molar-refractivity contribution in [3.05, 3.63) is 58.1 Å². The predicted molar refractivity (Wildman–Crippen MR) is 85.8 cm³/mol. The Kier molecular flexibility index (Phi) is 4.32. The summed E-state index contributed by atoms with van der Waals surface area (Å²) >= 11 is 12.0. The molecule has 1 heterocycles. The zero-order valence-electron chi connectivity index (χ0n) is 12.0. The van der Waals surface area contributed by atoms with Gasteiger partial charge in [0.15, 0.2) is 0 Å². The summed E-state index contributed by atoms with van der Waals surface area (Å²) in [6.07, 6.45) is 5.75. The third kappa shape index (κ3) is 3.39. The lowest BCUT2D eigenvalue weighted by Gasteiger charge is -2.16. The molecular formula is C16H15Cl2N3O. The van der Waals surface area contributed by atoms with Crippen LogP contribution in [0, 0.1) is 5.92 Å². The number of rotatable bonds is 4. The Morgan fingerprint density at radius 2 is 2.00 bits per heavy atom. The molecule has 4 nitrogen and oxygen atoms in total. The molecule has 114 valence electrons. The maximum atomic E-state index is 12.5. The standard InChI is InChI=1S/C16H15Cl2N3O/c1-21(9-13-8-19-2-3-20-13)16(22)15-7-14(15)10-4-11(17)6-12(18)5-10/h2-6,8,14-15H,7,9H2,1H3/t14-,15-/m0/s1. The number of aromatic nitrogens is 2. The summed E-state index contributed by atoms with van der Waals surface area (Å²) in [6, 6.07) is 5.47. The average molecular weight is 336 g/mol. The molecule has 1 amide bonds. The lowest BCUT2D eigenvalue weighted by Crippen LogP contribution is -2.28. The van der Waals surface area contributed by atoms with E-state index in [9.17, 15) is 4.79 Å². The van der Waals surface area contributed by atoms with Crippen molar-refractivity contribution >= 4 is 29.1 Å². The topological polar surface area (TPSA) is 46.1 Å². The fourth-order valence-corrected chi connectivity index (χ4v) is 3.18. The Morgan fingerprint density at radius 1 is 1.27 bits per heavy atom. The quantitative estimate of drug-likeness (QED) is 0.858. The van der Waals surface area contributed by atoms with Crippen LogP contribution in [0.2, 0.25) is 10.0 Å². The largest absolute Gasteiger partial charge is 0.340 e. The highest BCUT2D eigenvalue weighted by atomic mass is 35.5. The van der Waals surface area contributed by atoms with Gasteiger partial charge in [0.1, 0.15) is 0 Å². The number of hydrogen-bond acceptors (Lipinski definition) is 3. The molecule has 3 rings (SSSR count). The van der Waals surface area contributed by atoms with Gasteiger partial charge in [0.05, 0.1) is 18.4 Å². The van der Waals surface area contributed by atoms with E-state index in [0.29, 0.717) is 16.6 Å². The average Bonchev–Trinajstić information content (AvgIpc) is 3.27. The van der Waals surface area contributed by atoms with E-state index in [4.69, 9.17) is 23.2 Å². The van der Waals surface area contributed by atoms with Gasteiger partial charge >= 0.3 is 0 Å². The van der Waals surface area contributed by atoms with E-state index in [2.05, 4.69) is 9.97 Å². The van der Waals surface area contributed by atoms with Gasteiger partial charge in [-0.15, -0.1) is 0 Å². The molecule has 1 aromatic carbocycles. The van der Waals surface area contributed by atoms with Crippen molar-refractivity contribution in [2.24, 2.45) is 5.92 Å². The summed E-state index contributed by atoms with van der Waals surface area (Å²) in [5.41, 5.74) is 1.81. The van der Waals surface area contributed by atoms with Crippen LogP contribution < -0.4 is 0 Å². The SMILES string of the molecule is CN(Cc1cnccn1)C(=O)[C@H]1C[C@H]1c1cc(Cl)cc(Cl)c1. The number of nitrogens with zero attached hydrogens (tertiary/aromatic N) is 3. The molecule has 0 radical (unpaired) electrons. The fraction of sp³-hybridized carbons (Fsp3) is 0.312. The Morgan fingerprint density at radius 3 is 2.64 bits per heavy atom. The molecule has 0 unspecified atom stereocenters. The predicted octanol–water partition coefficient (Wildman–Crippen LogP) is 3.55. The van der Waals surface area contributed by atoms with Gasteiger partial charge in [-0.1, -0.05) is 23.2 Å². The molecule has 6 heteroatoms. The van der Waals surface area contributed by atoms with Crippen molar-refractivity contribution < 1.29 is 4.79 Å². The van der Waals surface area contributed by atoms with Crippen LogP contribution in [0.25, 0.3) is 0 Å². The van der Waals surface area contributed by atoms with Crippen LogP contribution in [0.5, 0.6) is 0 Å². The van der Waals surface area contributed by atoms with Crippen molar-refractivity contribution in [3.8, 4) is 0 Å². The van der Waals surface area contributed by atoms with Gasteiger partial charge in [-0.3, -0.25) is 14.8 Å². The molecule has 0 aliphatic heterocycles. The second-order valence-electron chi connectivity index (χ2n) is 5.54. The first kappa shape index (κ1) is 15.3. The highest BCUT2D eigenvalue weighted by Crippen LogP contribution is 2.49. The smallest absolute Gasteiger partial charge is 0.226 e. The molecule has 22 heavy (non-hydrogen) atoms. The number of benzene rings is 1. The molecule has 2 atom stereocenters. The third-order valence-corrected chi connectivity index (χ3v) is 4.25. The van der Waals surface area contributed by atoms with Gasteiger partial charge < -0.3 is 4.90 Å². The molecule has 0 bridgehead atoms. The molecule has 1 saturated carbocycles. The minimum atomic E-state index is -0.00351. The third-order valence-electron chi connectivity index (χ3n) is 3.81. The second-order valence-corrected chi connectivity index (χ2v) is 6.42. The van der Waals surface area contributed by atoms with Crippen molar-refractivity contribution in [1.82, 2.24) is 14.9 Å². The van der Waals surface area contributed by atoms with E-state index >= 15 is 0 Å². The van der Waals surface area contributed by atoms with E-state index in [1.54, 1.807) is 36.6 Å². The first-order valence-corrected chi connectivity index (χ1v) is 7.76. The summed E-state index contributed by atoms with van der Waals surface area (Å²) in [5, 5.41) is 1.21. The highest BCUT2D eigenvalue weighted by molar-refractivity contribution is 6.34. The minimum Gasteiger partial charge on any atom is -0.340 e. The van der Waals surface area contributed by atoms with Crippen molar-refractivity contribution in [2.45, 2.75) is 18.9 Å². The molecule has 1 fully saturated rings. The van der Waals surface area contributed by atoms with Crippen LogP contribution in [0.4, 0.5) is 0 Å². The molecule has 1 aliphatic rings. The van der Waals surface area contributed by atoms with Gasteiger partial charge in [0, 0.05) is 35.4 Å². The molecule has 1 aliphatic carbocycles. The van der Waals surface area contributed by atoms with Gasteiger partial charge in [-0.25, -0.2) is 0 Å². The number of amides is 1. The van der Waals surface area contributed by atoms with Gasteiger partial charge in [0.2, 0.25) is 5.91 Å². The second kappa shape index (κ2) is 6.23. The van der Waals surface area contributed by atoms with Gasteiger partial charge in [-0.2, -0.15) is 0 Å². The number of hydrogen-bond donors (Lipinski definition) is 0. The van der Waals surface area contributed by atoms with E-state index < -0.39 is 0 Å². The number of carbonyl (C=O) groups is 1. The molecular weight excluding hydrogens is 321 g/mol. The summed E-state index contributed by atoms with van der Waals surface area (Å²) in [6.45, 7) is 0.464. The summed E-state index contributed by atoms with van der Waals surface area (Å²) < 4.78 is 0. The Bertz CT molecular complexity index is 673. The Hall–Kier alpha value is -1.65. The van der Waals surface area contributed by atoms with Crippen molar-refractivity contribution in [2.75, 3.05) is 7.05 Å². The lowest BCUT2D eigenvalue weighted by molar-refractivity contribution is -0.131. The molecule has 2 aromatic rings. The molecule has 0 spiro atoms. The van der Waals surface area contributed by atoms with Crippen LogP contribution in [-0.2, 0) is 11.3 Å². The normalized spacial score (nSPS) is 19.8. The number of halogens is 2. The van der Waals surface area contributed by atoms with Crippen LogP contribution >= 0.6 is 23.2 Å². The van der Waals surface area contributed by atoms with Gasteiger partial charge in [-0.05, 0) is 36.1 Å². The monoisotopic (exact) mass is 335 g/mol. The summed E-state index contributed by atoms with van der Waals surface area (Å²) in [5.74, 6) is 0.316. The summed E-state index contributed by atoms with van der Waals surface area (Å²) in [7, 11) is 1.79. The van der Waals surface area contributed by atoms with E-state index in [1.807, 2.05) is 12.1 Å². The van der Waals surface area contributed by atoms with Crippen LogP contribution in [0.1, 0.15) is 23.6 Å². The van der Waals surface area contributed by atoms with Gasteiger partial charge in [0.25, 0.3) is 0 Å². The molecule has 0 N–H and O–H groups in total. The fourth-order valence-electron chi connectivity index (χ4n) is 2.64. The Labute approximate surface area is 139 Å². The van der Waals surface area contributed by atoms with E-state index in [0.717, 1.165) is 17.7 Å².